The molecule has 2 aromatic carbocycles. The molecule has 0 spiro atoms. The summed E-state index contributed by atoms with van der Waals surface area (Å²) < 4.78 is 0. The fourth-order valence-electron chi connectivity index (χ4n) is 4.88. The van der Waals surface area contributed by atoms with E-state index in [0.717, 1.165) is 38.0 Å². The van der Waals surface area contributed by atoms with E-state index in [4.69, 9.17) is 16.9 Å². The number of anilines is 1. The van der Waals surface area contributed by atoms with Crippen molar-refractivity contribution in [3.63, 3.8) is 0 Å². The minimum absolute atomic E-state index is 0.168. The van der Waals surface area contributed by atoms with Crippen molar-refractivity contribution in [2.45, 2.75) is 45.2 Å². The molecule has 2 fully saturated rings. The first kappa shape index (κ1) is 23.3. The Balaban J connectivity index is 1.39. The van der Waals surface area contributed by atoms with Gasteiger partial charge >= 0.3 is 0 Å². The van der Waals surface area contributed by atoms with Crippen LogP contribution >= 0.6 is 11.6 Å². The molecule has 1 atom stereocenters. The van der Waals surface area contributed by atoms with Crippen LogP contribution in [0.1, 0.15) is 54.1 Å². The summed E-state index contributed by atoms with van der Waals surface area (Å²) in [5.41, 5.74) is 2.32. The highest BCUT2D eigenvalue weighted by Crippen LogP contribution is 2.30. The van der Waals surface area contributed by atoms with Crippen LogP contribution in [0, 0.1) is 17.2 Å². The normalized spacial score (nSPS) is 19.3. The van der Waals surface area contributed by atoms with Crippen LogP contribution in [0.5, 0.6) is 0 Å². The third-order valence-electron chi connectivity index (χ3n) is 6.67. The molecule has 1 aliphatic carbocycles. The van der Waals surface area contributed by atoms with Crippen molar-refractivity contribution >= 4 is 29.1 Å². The maximum absolute atomic E-state index is 12.9. The number of benzene rings is 2. The number of piperazine rings is 1. The van der Waals surface area contributed by atoms with Gasteiger partial charge in [0.1, 0.15) is 0 Å². The lowest BCUT2D eigenvalue weighted by atomic mass is 10.0. The lowest BCUT2D eigenvalue weighted by Crippen LogP contribution is -2.54. The molecule has 2 amide bonds. The molecule has 1 heterocycles. The van der Waals surface area contributed by atoms with E-state index in [0.29, 0.717) is 34.3 Å². The number of nitrogens with zero attached hydrogens (tertiary/aromatic N) is 3. The summed E-state index contributed by atoms with van der Waals surface area (Å²) in [6.07, 6.45) is 4.39. The number of hydrogen-bond acceptors (Lipinski definition) is 4. The highest BCUT2D eigenvalue weighted by molar-refractivity contribution is 6.34. The number of nitriles is 1. The van der Waals surface area contributed by atoms with Gasteiger partial charge in [-0.25, -0.2) is 0 Å². The number of nitrogens with one attached hydrogen (secondary N) is 1. The van der Waals surface area contributed by atoms with Crippen LogP contribution < -0.4 is 5.32 Å². The Labute approximate surface area is 200 Å². The van der Waals surface area contributed by atoms with E-state index < -0.39 is 0 Å². The zero-order valence-electron chi connectivity index (χ0n) is 18.9. The molecule has 1 N–H and O–H groups in total. The van der Waals surface area contributed by atoms with Crippen molar-refractivity contribution in [2.75, 3.05) is 25.0 Å². The van der Waals surface area contributed by atoms with E-state index in [-0.39, 0.29) is 17.9 Å². The molecule has 7 heteroatoms. The first-order chi connectivity index (χ1) is 16.0. The van der Waals surface area contributed by atoms with Crippen molar-refractivity contribution in [3.05, 3.63) is 64.2 Å². The van der Waals surface area contributed by atoms with E-state index in [9.17, 15) is 9.59 Å². The van der Waals surface area contributed by atoms with Gasteiger partial charge in [-0.15, -0.1) is 0 Å². The largest absolute Gasteiger partial charge is 0.337 e. The molecule has 6 nitrogen and oxygen atoms in total. The molecule has 2 aromatic rings. The topological polar surface area (TPSA) is 76.4 Å². The summed E-state index contributed by atoms with van der Waals surface area (Å²) in [5, 5.41) is 12.4. The van der Waals surface area contributed by atoms with Gasteiger partial charge in [-0.2, -0.15) is 5.26 Å². The molecule has 1 saturated heterocycles. The van der Waals surface area contributed by atoms with Gasteiger partial charge in [-0.1, -0.05) is 42.6 Å². The summed E-state index contributed by atoms with van der Waals surface area (Å²) in [4.78, 5) is 29.9. The van der Waals surface area contributed by atoms with E-state index in [1.54, 1.807) is 30.3 Å². The average molecular weight is 465 g/mol. The Hall–Kier alpha value is -2.88. The van der Waals surface area contributed by atoms with Crippen LogP contribution in [0.2, 0.25) is 5.02 Å². The fraction of sp³-hybridized carbons (Fsp3) is 0.423. The van der Waals surface area contributed by atoms with E-state index in [2.05, 4.69) is 22.0 Å². The molecule has 0 radical (unpaired) electrons. The molecule has 0 aromatic heterocycles. The Morgan fingerprint density at radius 3 is 2.64 bits per heavy atom. The summed E-state index contributed by atoms with van der Waals surface area (Å²) in [7, 11) is 0. The Kier molecular flexibility index (Phi) is 7.32. The van der Waals surface area contributed by atoms with Gasteiger partial charge in [0.05, 0.1) is 22.3 Å². The minimum Gasteiger partial charge on any atom is -0.337 e. The monoisotopic (exact) mass is 464 g/mol. The maximum atomic E-state index is 12.9. The van der Waals surface area contributed by atoms with Crippen LogP contribution in [0.25, 0.3) is 0 Å². The van der Waals surface area contributed by atoms with Crippen LogP contribution in [-0.4, -0.2) is 47.3 Å². The van der Waals surface area contributed by atoms with Crippen LogP contribution in [0.15, 0.2) is 42.5 Å². The number of carbonyl (C=O) groups is 2. The first-order valence-electron chi connectivity index (χ1n) is 11.6. The number of hydrogen-bond donors (Lipinski definition) is 1. The van der Waals surface area contributed by atoms with Gasteiger partial charge in [0.25, 0.3) is 5.91 Å². The smallest absolute Gasteiger partial charge is 0.255 e. The minimum atomic E-state index is -0.307. The van der Waals surface area contributed by atoms with Gasteiger partial charge in [0, 0.05) is 43.7 Å². The molecule has 0 unspecified atom stereocenters. The van der Waals surface area contributed by atoms with Gasteiger partial charge in [-0.05, 0) is 49.6 Å². The standard InChI is InChI=1S/C26H29ClN4O2/c1-18-16-30(12-13-31(18)26(33)20-7-2-3-8-20)17-22-10-5-11-23(24(22)27)29-25(32)21-9-4-6-19(14-21)15-28/h4-6,9-11,14,18,20H,2-3,7-8,12-13,16-17H2,1H3,(H,29,32)/t18-/m0/s1. The Bertz CT molecular complexity index is 1070. The van der Waals surface area contributed by atoms with Crippen LogP contribution in [0.4, 0.5) is 5.69 Å². The lowest BCUT2D eigenvalue weighted by molar-refractivity contribution is -0.140. The van der Waals surface area contributed by atoms with E-state index in [1.165, 1.54) is 12.8 Å². The highest BCUT2D eigenvalue weighted by Gasteiger charge is 2.33. The Morgan fingerprint density at radius 1 is 1.15 bits per heavy atom. The summed E-state index contributed by atoms with van der Waals surface area (Å²) in [6.45, 7) is 5.11. The second-order valence-corrected chi connectivity index (χ2v) is 9.40. The van der Waals surface area contributed by atoms with Gasteiger partial charge in [-0.3, -0.25) is 14.5 Å². The molecule has 0 bridgehead atoms. The maximum Gasteiger partial charge on any atom is 0.255 e. The second kappa shape index (κ2) is 10.4. The first-order valence-corrected chi connectivity index (χ1v) is 12.0. The lowest BCUT2D eigenvalue weighted by Gasteiger charge is -2.41. The van der Waals surface area contributed by atoms with Crippen molar-refractivity contribution in [1.82, 2.24) is 9.80 Å². The fourth-order valence-corrected chi connectivity index (χ4v) is 5.11. The van der Waals surface area contributed by atoms with Gasteiger partial charge in [0.2, 0.25) is 5.91 Å². The van der Waals surface area contributed by atoms with Crippen molar-refractivity contribution < 1.29 is 9.59 Å². The number of rotatable bonds is 5. The number of halogens is 1. The number of carbonyl (C=O) groups excluding carboxylic acids is 2. The summed E-state index contributed by atoms with van der Waals surface area (Å²) in [5.74, 6) is 0.226. The SMILES string of the molecule is C[C@H]1CN(Cc2cccc(NC(=O)c3cccc(C#N)c3)c2Cl)CCN1C(=O)C1CCCC1. The van der Waals surface area contributed by atoms with Crippen LogP contribution in [-0.2, 0) is 11.3 Å². The van der Waals surface area contributed by atoms with Gasteiger partial charge < -0.3 is 10.2 Å². The molecule has 1 saturated carbocycles. The molecular weight excluding hydrogens is 436 g/mol. The Morgan fingerprint density at radius 2 is 1.91 bits per heavy atom. The summed E-state index contributed by atoms with van der Waals surface area (Å²) >= 11 is 6.66. The van der Waals surface area contributed by atoms with Crippen LogP contribution in [0.3, 0.4) is 0 Å². The highest BCUT2D eigenvalue weighted by atomic mass is 35.5. The molecule has 4 rings (SSSR count). The predicted octanol–water partition coefficient (Wildman–Crippen LogP) is 4.69. The van der Waals surface area contributed by atoms with Gasteiger partial charge in [0.15, 0.2) is 0 Å². The van der Waals surface area contributed by atoms with Crippen molar-refractivity contribution in [1.29, 1.82) is 5.26 Å². The molecule has 2 aliphatic rings. The molecule has 33 heavy (non-hydrogen) atoms. The zero-order valence-corrected chi connectivity index (χ0v) is 19.6. The van der Waals surface area contributed by atoms with E-state index >= 15 is 0 Å². The average Bonchev–Trinajstić information content (AvgIpc) is 3.36. The zero-order chi connectivity index (χ0) is 23.4. The number of amides is 2. The third-order valence-corrected chi connectivity index (χ3v) is 7.12. The molecule has 1 aliphatic heterocycles. The van der Waals surface area contributed by atoms with Crippen molar-refractivity contribution in [2.24, 2.45) is 5.92 Å². The predicted molar refractivity (Wildman–Crippen MR) is 129 cm³/mol. The molecular formula is C26H29ClN4O2. The van der Waals surface area contributed by atoms with Crippen molar-refractivity contribution in [3.8, 4) is 6.07 Å². The quantitative estimate of drug-likeness (QED) is 0.696. The second-order valence-electron chi connectivity index (χ2n) is 9.02. The molecule has 172 valence electrons. The summed E-state index contributed by atoms with van der Waals surface area (Å²) in [6, 6.07) is 14.4. The third kappa shape index (κ3) is 5.38. The van der Waals surface area contributed by atoms with E-state index in [1.807, 2.05) is 18.2 Å².